The summed E-state index contributed by atoms with van der Waals surface area (Å²) in [5, 5.41) is 14.6. The summed E-state index contributed by atoms with van der Waals surface area (Å²) >= 11 is 1.38. The number of hydrogen-bond donors (Lipinski definition) is 2. The van der Waals surface area contributed by atoms with Gasteiger partial charge in [-0.05, 0) is 19.3 Å². The Labute approximate surface area is 122 Å². The molecule has 1 aromatic rings. The fourth-order valence-electron chi connectivity index (χ4n) is 2.28. The number of nitrogens with zero attached hydrogens (tertiary/aromatic N) is 2. The van der Waals surface area contributed by atoms with Gasteiger partial charge in [-0.15, -0.1) is 10.2 Å². The maximum atomic E-state index is 11.8. The molecule has 0 saturated heterocycles. The van der Waals surface area contributed by atoms with Crippen molar-refractivity contribution >= 4 is 28.3 Å². The molecule has 1 aliphatic carbocycles. The molecule has 0 spiro atoms. The van der Waals surface area contributed by atoms with Crippen LogP contribution in [0.5, 0.6) is 0 Å². The van der Waals surface area contributed by atoms with E-state index in [4.69, 9.17) is 0 Å². The second kappa shape index (κ2) is 7.33. The van der Waals surface area contributed by atoms with Crippen LogP contribution in [0.2, 0.25) is 0 Å². The molecular weight excluding hydrogens is 276 g/mol. The van der Waals surface area contributed by atoms with Gasteiger partial charge in [0.2, 0.25) is 16.9 Å². The Morgan fingerprint density at radius 1 is 1.30 bits per heavy atom. The zero-order valence-corrected chi connectivity index (χ0v) is 12.5. The Morgan fingerprint density at radius 2 is 2.05 bits per heavy atom. The van der Waals surface area contributed by atoms with Gasteiger partial charge in [0.1, 0.15) is 5.01 Å². The van der Waals surface area contributed by atoms with E-state index in [9.17, 15) is 9.59 Å². The Bertz CT molecular complexity index is 469. The highest BCUT2D eigenvalue weighted by molar-refractivity contribution is 7.15. The standard InChI is InChI=1S/C13H20N4O2S/c1-2-5-11-16-17-13(20-11)15-10(18)8-14-12(19)9-6-3-4-7-9/h9H,2-8H2,1H3,(H,14,19)(H,15,17,18). The highest BCUT2D eigenvalue weighted by Crippen LogP contribution is 2.24. The Hall–Kier alpha value is -1.50. The zero-order valence-electron chi connectivity index (χ0n) is 11.6. The number of aryl methyl sites for hydroxylation is 1. The first-order chi connectivity index (χ1) is 9.69. The van der Waals surface area contributed by atoms with E-state index in [2.05, 4.69) is 27.8 Å². The van der Waals surface area contributed by atoms with E-state index >= 15 is 0 Å². The average Bonchev–Trinajstić information content (AvgIpc) is 3.08. The van der Waals surface area contributed by atoms with Gasteiger partial charge in [0, 0.05) is 12.3 Å². The number of carbonyl (C=O) groups is 2. The summed E-state index contributed by atoms with van der Waals surface area (Å²) in [6.07, 6.45) is 5.95. The molecule has 2 rings (SSSR count). The smallest absolute Gasteiger partial charge is 0.245 e. The predicted molar refractivity (Wildman–Crippen MR) is 77.5 cm³/mol. The van der Waals surface area contributed by atoms with Gasteiger partial charge >= 0.3 is 0 Å². The van der Waals surface area contributed by atoms with E-state index in [1.54, 1.807) is 0 Å². The van der Waals surface area contributed by atoms with Gasteiger partial charge in [-0.1, -0.05) is 31.1 Å². The molecule has 1 aliphatic rings. The zero-order chi connectivity index (χ0) is 14.4. The number of anilines is 1. The first kappa shape index (κ1) is 14.9. The summed E-state index contributed by atoms with van der Waals surface area (Å²) in [5.74, 6) is -0.183. The van der Waals surface area contributed by atoms with Crippen molar-refractivity contribution in [2.24, 2.45) is 5.92 Å². The third kappa shape index (κ3) is 4.26. The van der Waals surface area contributed by atoms with Gasteiger partial charge in [0.15, 0.2) is 0 Å². The molecule has 0 aromatic carbocycles. The third-order valence-corrected chi connectivity index (χ3v) is 4.22. The Kier molecular flexibility index (Phi) is 5.46. The summed E-state index contributed by atoms with van der Waals surface area (Å²) in [7, 11) is 0. The summed E-state index contributed by atoms with van der Waals surface area (Å²) in [6, 6.07) is 0. The van der Waals surface area contributed by atoms with Gasteiger partial charge in [-0.3, -0.25) is 14.9 Å². The molecule has 2 N–H and O–H groups in total. The second-order valence-electron chi connectivity index (χ2n) is 5.00. The lowest BCUT2D eigenvalue weighted by Crippen LogP contribution is -2.36. The summed E-state index contributed by atoms with van der Waals surface area (Å²) in [6.45, 7) is 2.07. The van der Waals surface area contributed by atoms with Crippen LogP contribution in [0.1, 0.15) is 44.0 Å². The molecule has 1 saturated carbocycles. The van der Waals surface area contributed by atoms with Gasteiger partial charge < -0.3 is 5.32 Å². The van der Waals surface area contributed by atoms with Crippen LogP contribution in [-0.4, -0.2) is 28.6 Å². The van der Waals surface area contributed by atoms with Crippen molar-refractivity contribution in [3.05, 3.63) is 5.01 Å². The van der Waals surface area contributed by atoms with Gasteiger partial charge in [0.25, 0.3) is 0 Å². The van der Waals surface area contributed by atoms with Crippen molar-refractivity contribution in [1.29, 1.82) is 0 Å². The van der Waals surface area contributed by atoms with Crippen LogP contribution < -0.4 is 10.6 Å². The minimum Gasteiger partial charge on any atom is -0.347 e. The minimum atomic E-state index is -0.254. The normalized spacial score (nSPS) is 15.2. The van der Waals surface area contributed by atoms with Gasteiger partial charge in [-0.2, -0.15) is 0 Å². The van der Waals surface area contributed by atoms with E-state index in [0.29, 0.717) is 5.13 Å². The lowest BCUT2D eigenvalue weighted by Gasteiger charge is -2.09. The number of nitrogens with one attached hydrogen (secondary N) is 2. The molecule has 110 valence electrons. The van der Waals surface area contributed by atoms with Crippen LogP contribution in [0.3, 0.4) is 0 Å². The molecule has 1 heterocycles. The van der Waals surface area contributed by atoms with Crippen molar-refractivity contribution in [3.63, 3.8) is 0 Å². The van der Waals surface area contributed by atoms with E-state index in [-0.39, 0.29) is 24.3 Å². The number of hydrogen-bond acceptors (Lipinski definition) is 5. The quantitative estimate of drug-likeness (QED) is 0.837. The van der Waals surface area contributed by atoms with Crippen molar-refractivity contribution in [2.75, 3.05) is 11.9 Å². The first-order valence-electron chi connectivity index (χ1n) is 7.09. The predicted octanol–water partition coefficient (Wildman–Crippen LogP) is 1.74. The van der Waals surface area contributed by atoms with Crippen LogP contribution in [-0.2, 0) is 16.0 Å². The number of amides is 2. The number of carbonyl (C=O) groups excluding carboxylic acids is 2. The summed E-state index contributed by atoms with van der Waals surface area (Å²) < 4.78 is 0. The van der Waals surface area contributed by atoms with Crippen molar-refractivity contribution in [1.82, 2.24) is 15.5 Å². The van der Waals surface area contributed by atoms with Crippen LogP contribution in [0.4, 0.5) is 5.13 Å². The number of rotatable bonds is 6. The van der Waals surface area contributed by atoms with Crippen molar-refractivity contribution in [3.8, 4) is 0 Å². The maximum absolute atomic E-state index is 11.8. The SMILES string of the molecule is CCCc1nnc(NC(=O)CNC(=O)C2CCCC2)s1. The van der Waals surface area contributed by atoms with E-state index < -0.39 is 0 Å². The van der Waals surface area contributed by atoms with Gasteiger partial charge in [-0.25, -0.2) is 0 Å². The second-order valence-corrected chi connectivity index (χ2v) is 6.06. The topological polar surface area (TPSA) is 84.0 Å². The lowest BCUT2D eigenvalue weighted by atomic mass is 10.1. The van der Waals surface area contributed by atoms with Crippen LogP contribution in [0, 0.1) is 5.92 Å². The molecule has 0 unspecified atom stereocenters. The first-order valence-corrected chi connectivity index (χ1v) is 7.90. The lowest BCUT2D eigenvalue weighted by molar-refractivity contribution is -0.127. The fourth-order valence-corrected chi connectivity index (χ4v) is 3.14. The average molecular weight is 296 g/mol. The maximum Gasteiger partial charge on any atom is 0.245 e. The molecule has 1 aromatic heterocycles. The molecule has 2 amide bonds. The highest BCUT2D eigenvalue weighted by Gasteiger charge is 2.22. The van der Waals surface area contributed by atoms with Gasteiger partial charge in [0.05, 0.1) is 6.54 Å². The Morgan fingerprint density at radius 3 is 2.75 bits per heavy atom. The van der Waals surface area contributed by atoms with E-state index in [0.717, 1.165) is 43.5 Å². The highest BCUT2D eigenvalue weighted by atomic mass is 32.1. The summed E-state index contributed by atoms with van der Waals surface area (Å²) in [5.41, 5.74) is 0. The molecule has 0 bridgehead atoms. The molecule has 0 radical (unpaired) electrons. The minimum absolute atomic E-state index is 0.00196. The largest absolute Gasteiger partial charge is 0.347 e. The van der Waals surface area contributed by atoms with Crippen molar-refractivity contribution in [2.45, 2.75) is 45.4 Å². The molecular formula is C13H20N4O2S. The van der Waals surface area contributed by atoms with Crippen molar-refractivity contribution < 1.29 is 9.59 Å². The summed E-state index contributed by atoms with van der Waals surface area (Å²) in [4.78, 5) is 23.5. The van der Waals surface area contributed by atoms with Crippen LogP contribution >= 0.6 is 11.3 Å². The molecule has 0 aliphatic heterocycles. The van der Waals surface area contributed by atoms with E-state index in [1.165, 1.54) is 11.3 Å². The molecule has 6 nitrogen and oxygen atoms in total. The Balaban J connectivity index is 1.72. The molecule has 20 heavy (non-hydrogen) atoms. The molecule has 0 atom stereocenters. The molecule has 1 fully saturated rings. The van der Waals surface area contributed by atoms with Crippen LogP contribution in [0.25, 0.3) is 0 Å². The fraction of sp³-hybridized carbons (Fsp3) is 0.692. The molecule has 7 heteroatoms. The number of aromatic nitrogens is 2. The van der Waals surface area contributed by atoms with Crippen LogP contribution in [0.15, 0.2) is 0 Å². The monoisotopic (exact) mass is 296 g/mol. The van der Waals surface area contributed by atoms with E-state index in [1.807, 2.05) is 0 Å². The third-order valence-electron chi connectivity index (χ3n) is 3.33.